The molecule has 0 amide bonds. The largest absolute Gasteiger partial charge is 0.0896 e. The lowest BCUT2D eigenvalue weighted by atomic mass is 9.96. The first-order chi connectivity index (χ1) is 8.75. The van der Waals surface area contributed by atoms with Gasteiger partial charge in [0.15, 0.2) is 0 Å². The van der Waals surface area contributed by atoms with Gasteiger partial charge in [-0.3, -0.25) is 0 Å². The average Bonchev–Trinajstić information content (AvgIpc) is 2.38. The number of hydrogen-bond donors (Lipinski definition) is 0. The summed E-state index contributed by atoms with van der Waals surface area (Å²) >= 11 is 5.24. The first-order valence-electron chi connectivity index (χ1n) is 6.14. The quantitative estimate of drug-likeness (QED) is 0.459. The van der Waals surface area contributed by atoms with Gasteiger partial charge in [-0.1, -0.05) is 66.8 Å². The van der Waals surface area contributed by atoms with Crippen molar-refractivity contribution in [3.8, 4) is 0 Å². The highest BCUT2D eigenvalue weighted by Gasteiger charge is 2.04. The molecule has 0 heterocycles. The van der Waals surface area contributed by atoms with E-state index in [-0.39, 0.29) is 0 Å². The number of hydrogen-bond acceptors (Lipinski definition) is 1. The van der Waals surface area contributed by atoms with Crippen LogP contribution >= 0.6 is 12.2 Å². The molecule has 1 heteroatoms. The summed E-state index contributed by atoms with van der Waals surface area (Å²) in [4.78, 5) is 1.04. The first kappa shape index (κ1) is 11.4. The average molecular weight is 250 g/mol. The van der Waals surface area contributed by atoms with Gasteiger partial charge < -0.3 is 0 Å². The van der Waals surface area contributed by atoms with Crippen LogP contribution in [0.4, 0.5) is 0 Å². The Hall–Kier alpha value is -1.73. The number of fused-ring (bicyclic) bond motifs is 3. The van der Waals surface area contributed by atoms with Crippen molar-refractivity contribution in [3.63, 3.8) is 0 Å². The minimum absolute atomic E-state index is 0.880. The maximum Gasteiger partial charge on any atom is 0.00415 e. The molecule has 0 aromatic heterocycles. The fourth-order valence-electron chi connectivity index (χ4n) is 2.53. The minimum atomic E-state index is 0.880. The van der Waals surface area contributed by atoms with Crippen LogP contribution in [0.2, 0.25) is 0 Å². The summed E-state index contributed by atoms with van der Waals surface area (Å²) in [6.07, 6.45) is 0.880. The first-order valence-corrected chi connectivity index (χ1v) is 6.55. The molecule has 0 N–H and O–H groups in total. The van der Waals surface area contributed by atoms with Crippen LogP contribution in [0.15, 0.2) is 54.6 Å². The van der Waals surface area contributed by atoms with Crippen molar-refractivity contribution in [2.24, 2.45) is 0 Å². The molecule has 3 aromatic rings. The molecule has 0 aliphatic rings. The van der Waals surface area contributed by atoms with Crippen LogP contribution in [0.5, 0.6) is 0 Å². The SMILES string of the molecule is CC(=S)Cc1cccc2c1ccc1ccccc12. The number of rotatable bonds is 2. The molecule has 3 rings (SSSR count). The topological polar surface area (TPSA) is 0 Å². The highest BCUT2D eigenvalue weighted by atomic mass is 32.1. The molecule has 0 aliphatic heterocycles. The summed E-state index contributed by atoms with van der Waals surface area (Å²) in [7, 11) is 0. The van der Waals surface area contributed by atoms with Crippen molar-refractivity contribution in [1.82, 2.24) is 0 Å². The maximum atomic E-state index is 5.24. The minimum Gasteiger partial charge on any atom is -0.0896 e. The molecule has 0 saturated carbocycles. The fourth-order valence-corrected chi connectivity index (χ4v) is 2.68. The number of thiocarbonyl (C=S) groups is 1. The molecule has 0 bridgehead atoms. The van der Waals surface area contributed by atoms with E-state index in [1.54, 1.807) is 0 Å². The van der Waals surface area contributed by atoms with Gasteiger partial charge in [-0.2, -0.15) is 0 Å². The molecule has 0 spiro atoms. The Morgan fingerprint density at radius 2 is 1.61 bits per heavy atom. The summed E-state index contributed by atoms with van der Waals surface area (Å²) in [5, 5.41) is 5.25. The van der Waals surface area contributed by atoms with Gasteiger partial charge in [0.1, 0.15) is 0 Å². The van der Waals surface area contributed by atoms with Crippen LogP contribution in [0.1, 0.15) is 12.5 Å². The summed E-state index contributed by atoms with van der Waals surface area (Å²) in [6, 6.07) is 19.4. The Morgan fingerprint density at radius 1 is 0.833 bits per heavy atom. The molecule has 0 saturated heterocycles. The van der Waals surface area contributed by atoms with E-state index in [0.29, 0.717) is 0 Å². The van der Waals surface area contributed by atoms with Gasteiger partial charge in [-0.25, -0.2) is 0 Å². The van der Waals surface area contributed by atoms with Gasteiger partial charge in [-0.05, 0) is 38.9 Å². The zero-order valence-corrected chi connectivity index (χ0v) is 11.1. The molecule has 3 aromatic carbocycles. The summed E-state index contributed by atoms with van der Waals surface area (Å²) in [5.41, 5.74) is 1.32. The zero-order valence-electron chi connectivity index (χ0n) is 10.3. The van der Waals surface area contributed by atoms with Crippen LogP contribution in [0.25, 0.3) is 21.5 Å². The predicted molar refractivity (Wildman–Crippen MR) is 83.4 cm³/mol. The van der Waals surface area contributed by atoms with E-state index in [1.807, 2.05) is 6.92 Å². The van der Waals surface area contributed by atoms with E-state index in [4.69, 9.17) is 12.2 Å². The van der Waals surface area contributed by atoms with E-state index in [1.165, 1.54) is 27.1 Å². The van der Waals surface area contributed by atoms with Gasteiger partial charge in [0.05, 0.1) is 0 Å². The van der Waals surface area contributed by atoms with Crippen molar-refractivity contribution in [2.45, 2.75) is 13.3 Å². The molecule has 0 fully saturated rings. The second-order valence-electron chi connectivity index (χ2n) is 4.68. The second-order valence-corrected chi connectivity index (χ2v) is 5.37. The van der Waals surface area contributed by atoms with E-state index in [0.717, 1.165) is 11.3 Å². The van der Waals surface area contributed by atoms with Gasteiger partial charge in [-0.15, -0.1) is 0 Å². The lowest BCUT2D eigenvalue weighted by Crippen LogP contribution is -1.94. The Labute approximate surface area is 112 Å². The lowest BCUT2D eigenvalue weighted by molar-refractivity contribution is 1.38. The van der Waals surface area contributed by atoms with Crippen LogP contribution < -0.4 is 0 Å². The molecule has 0 atom stereocenters. The maximum absolute atomic E-state index is 5.24. The van der Waals surface area contributed by atoms with Crippen molar-refractivity contribution in [1.29, 1.82) is 0 Å². The Kier molecular flexibility index (Phi) is 2.85. The number of benzene rings is 3. The van der Waals surface area contributed by atoms with Gasteiger partial charge in [0.2, 0.25) is 0 Å². The highest BCUT2D eigenvalue weighted by Crippen LogP contribution is 2.27. The van der Waals surface area contributed by atoms with Crippen molar-refractivity contribution >= 4 is 38.6 Å². The van der Waals surface area contributed by atoms with Crippen molar-refractivity contribution in [3.05, 3.63) is 60.2 Å². The summed E-state index contributed by atoms with van der Waals surface area (Å²) < 4.78 is 0. The van der Waals surface area contributed by atoms with Crippen LogP contribution in [0.3, 0.4) is 0 Å². The highest BCUT2D eigenvalue weighted by molar-refractivity contribution is 7.80. The molecular formula is C17H14S. The van der Waals surface area contributed by atoms with Crippen LogP contribution in [0, 0.1) is 0 Å². The summed E-state index contributed by atoms with van der Waals surface area (Å²) in [6.45, 7) is 2.01. The predicted octanol–water partition coefficient (Wildman–Crippen LogP) is 4.93. The van der Waals surface area contributed by atoms with Gasteiger partial charge in [0, 0.05) is 6.42 Å². The van der Waals surface area contributed by atoms with E-state index < -0.39 is 0 Å². The molecular weight excluding hydrogens is 236 g/mol. The van der Waals surface area contributed by atoms with E-state index in [2.05, 4.69) is 54.6 Å². The van der Waals surface area contributed by atoms with Gasteiger partial charge >= 0.3 is 0 Å². The zero-order chi connectivity index (χ0) is 12.5. The molecule has 0 aliphatic carbocycles. The normalized spacial score (nSPS) is 10.9. The Morgan fingerprint density at radius 3 is 2.44 bits per heavy atom. The smallest absolute Gasteiger partial charge is 0.00415 e. The molecule has 0 nitrogen and oxygen atoms in total. The third kappa shape index (κ3) is 1.91. The molecule has 18 heavy (non-hydrogen) atoms. The summed E-state index contributed by atoms with van der Waals surface area (Å²) in [5.74, 6) is 0. The molecule has 0 radical (unpaired) electrons. The second kappa shape index (κ2) is 4.51. The van der Waals surface area contributed by atoms with Crippen LogP contribution in [-0.4, -0.2) is 4.86 Å². The monoisotopic (exact) mass is 250 g/mol. The van der Waals surface area contributed by atoms with Gasteiger partial charge in [0.25, 0.3) is 0 Å². The van der Waals surface area contributed by atoms with Crippen molar-refractivity contribution < 1.29 is 0 Å². The van der Waals surface area contributed by atoms with E-state index >= 15 is 0 Å². The Balaban J connectivity index is 2.36. The third-order valence-corrected chi connectivity index (χ3v) is 3.46. The van der Waals surface area contributed by atoms with Crippen molar-refractivity contribution in [2.75, 3.05) is 0 Å². The Bertz CT molecular complexity index is 741. The fraction of sp³-hybridized carbons (Fsp3) is 0.118. The molecule has 88 valence electrons. The lowest BCUT2D eigenvalue weighted by Gasteiger charge is -2.08. The third-order valence-electron chi connectivity index (χ3n) is 3.32. The van der Waals surface area contributed by atoms with Crippen LogP contribution in [-0.2, 0) is 6.42 Å². The van der Waals surface area contributed by atoms with E-state index in [9.17, 15) is 0 Å². The molecule has 0 unspecified atom stereocenters. The standard InChI is InChI=1S/C17H14S/c1-12(18)11-14-6-4-8-17-15-7-3-2-5-13(15)9-10-16(14)17/h2-10H,11H2,1H3.